The fourth-order valence-corrected chi connectivity index (χ4v) is 2.91. The van der Waals surface area contributed by atoms with Crippen molar-refractivity contribution in [2.24, 2.45) is 5.10 Å². The second kappa shape index (κ2) is 10.0. The van der Waals surface area contributed by atoms with Gasteiger partial charge in [-0.25, -0.2) is 10.4 Å². The highest BCUT2D eigenvalue weighted by molar-refractivity contribution is 5.94. The molecular weight excluding hydrogens is 362 g/mol. The average Bonchev–Trinajstić information content (AvgIpc) is 2.75. The summed E-state index contributed by atoms with van der Waals surface area (Å²) in [6.07, 6.45) is 4.11. The van der Waals surface area contributed by atoms with Crippen LogP contribution in [-0.2, 0) is 6.54 Å². The summed E-state index contributed by atoms with van der Waals surface area (Å²) in [6, 6.07) is 21.8. The second-order valence-corrected chi connectivity index (χ2v) is 6.67. The molecule has 3 aromatic rings. The third kappa shape index (κ3) is 5.90. The zero-order valence-corrected chi connectivity index (χ0v) is 16.5. The van der Waals surface area contributed by atoms with Gasteiger partial charge in [-0.3, -0.25) is 4.79 Å². The van der Waals surface area contributed by atoms with Crippen LogP contribution in [0.4, 0.5) is 11.5 Å². The van der Waals surface area contributed by atoms with Crippen molar-refractivity contribution >= 4 is 23.6 Å². The number of aromatic nitrogens is 1. The minimum absolute atomic E-state index is 0.331. The van der Waals surface area contributed by atoms with Gasteiger partial charge in [0.05, 0.1) is 11.8 Å². The van der Waals surface area contributed by atoms with E-state index in [9.17, 15) is 4.79 Å². The normalized spacial score (nSPS) is 10.8. The van der Waals surface area contributed by atoms with Crippen LogP contribution in [0.5, 0.6) is 0 Å². The number of anilines is 2. The van der Waals surface area contributed by atoms with Gasteiger partial charge in [-0.1, -0.05) is 49.4 Å². The third-order valence-corrected chi connectivity index (χ3v) is 4.40. The van der Waals surface area contributed by atoms with Gasteiger partial charge in [0.15, 0.2) is 0 Å². The Morgan fingerprint density at radius 1 is 1.10 bits per heavy atom. The number of nitrogens with zero attached hydrogens (tertiary/aromatic N) is 3. The smallest absolute Gasteiger partial charge is 0.272 e. The van der Waals surface area contributed by atoms with E-state index in [0.29, 0.717) is 11.4 Å². The predicted octanol–water partition coefficient (Wildman–Crippen LogP) is 3.84. The topological polar surface area (TPSA) is 83.6 Å². The highest BCUT2D eigenvalue weighted by Gasteiger charge is 2.07. The van der Waals surface area contributed by atoms with E-state index >= 15 is 0 Å². The molecule has 6 heteroatoms. The number of nitrogens with one attached hydrogen (secondary N) is 1. The summed E-state index contributed by atoms with van der Waals surface area (Å²) in [4.78, 5) is 18.3. The standard InChI is InChI=1S/C23H25N5O/c1-2-14-28(17-19-6-4-3-5-7-19)21-11-8-18(9-12-21)15-26-27-23(29)20-10-13-22(24)25-16-20/h3-13,15-16H,2,14,17H2,1H3,(H2,24,25)(H,27,29)/b26-15+. The van der Waals surface area contributed by atoms with Crippen LogP contribution in [-0.4, -0.2) is 23.7 Å². The molecule has 1 aromatic heterocycles. The van der Waals surface area contributed by atoms with Gasteiger partial charge in [0.25, 0.3) is 5.91 Å². The largest absolute Gasteiger partial charge is 0.384 e. The molecule has 2 aromatic carbocycles. The maximum atomic E-state index is 12.0. The Bertz CT molecular complexity index is 937. The maximum absolute atomic E-state index is 12.0. The van der Waals surface area contributed by atoms with Crippen LogP contribution < -0.4 is 16.1 Å². The third-order valence-electron chi connectivity index (χ3n) is 4.40. The average molecular weight is 387 g/mol. The number of nitrogen functional groups attached to an aromatic ring is 1. The first-order valence-corrected chi connectivity index (χ1v) is 9.59. The van der Waals surface area contributed by atoms with Crippen LogP contribution in [0.25, 0.3) is 0 Å². The van der Waals surface area contributed by atoms with Crippen LogP contribution in [0.3, 0.4) is 0 Å². The quantitative estimate of drug-likeness (QED) is 0.454. The molecule has 3 rings (SSSR count). The van der Waals surface area contributed by atoms with E-state index in [4.69, 9.17) is 5.73 Å². The summed E-state index contributed by atoms with van der Waals surface area (Å²) in [6.45, 7) is 4.03. The molecule has 0 spiro atoms. The number of benzene rings is 2. The minimum Gasteiger partial charge on any atom is -0.384 e. The van der Waals surface area contributed by atoms with E-state index in [1.54, 1.807) is 18.3 Å². The molecule has 0 saturated carbocycles. The van der Waals surface area contributed by atoms with Crippen molar-refractivity contribution in [2.75, 3.05) is 17.2 Å². The van der Waals surface area contributed by atoms with Gasteiger partial charge in [0.1, 0.15) is 5.82 Å². The molecule has 0 fully saturated rings. The predicted molar refractivity (Wildman–Crippen MR) is 118 cm³/mol. The van der Waals surface area contributed by atoms with Crippen LogP contribution in [0.15, 0.2) is 78.0 Å². The molecule has 0 bridgehead atoms. The lowest BCUT2D eigenvalue weighted by atomic mass is 10.1. The van der Waals surface area contributed by atoms with Crippen molar-refractivity contribution in [1.29, 1.82) is 0 Å². The summed E-state index contributed by atoms with van der Waals surface area (Å²) in [5, 5.41) is 4.02. The Morgan fingerprint density at radius 2 is 1.86 bits per heavy atom. The molecule has 29 heavy (non-hydrogen) atoms. The maximum Gasteiger partial charge on any atom is 0.272 e. The van der Waals surface area contributed by atoms with E-state index in [1.807, 2.05) is 18.2 Å². The zero-order valence-electron chi connectivity index (χ0n) is 16.5. The van der Waals surface area contributed by atoms with Gasteiger partial charge in [-0.2, -0.15) is 5.10 Å². The fourth-order valence-electron chi connectivity index (χ4n) is 2.91. The van der Waals surface area contributed by atoms with Crippen molar-refractivity contribution in [3.8, 4) is 0 Å². The molecule has 1 heterocycles. The number of carbonyl (C=O) groups excluding carboxylic acids is 1. The number of hydrogen-bond acceptors (Lipinski definition) is 5. The first-order chi connectivity index (χ1) is 14.2. The summed E-state index contributed by atoms with van der Waals surface area (Å²) < 4.78 is 0. The van der Waals surface area contributed by atoms with Gasteiger partial charge in [-0.05, 0) is 41.8 Å². The molecule has 0 unspecified atom stereocenters. The molecule has 0 aliphatic heterocycles. The number of amides is 1. The Balaban J connectivity index is 1.61. The van der Waals surface area contributed by atoms with Crippen LogP contribution in [0.2, 0.25) is 0 Å². The van der Waals surface area contributed by atoms with Gasteiger partial charge in [-0.15, -0.1) is 0 Å². The second-order valence-electron chi connectivity index (χ2n) is 6.67. The van der Waals surface area contributed by atoms with Gasteiger partial charge in [0.2, 0.25) is 0 Å². The molecule has 0 atom stereocenters. The molecule has 0 radical (unpaired) electrons. The van der Waals surface area contributed by atoms with Crippen molar-refractivity contribution in [3.63, 3.8) is 0 Å². The Morgan fingerprint density at radius 3 is 2.52 bits per heavy atom. The molecule has 0 aliphatic carbocycles. The Kier molecular flexibility index (Phi) is 6.95. The summed E-state index contributed by atoms with van der Waals surface area (Å²) in [5.41, 5.74) is 11.8. The number of hydrogen-bond donors (Lipinski definition) is 2. The van der Waals surface area contributed by atoms with Gasteiger partial charge in [0, 0.05) is 25.0 Å². The number of hydrazone groups is 1. The summed E-state index contributed by atoms with van der Waals surface area (Å²) in [5.74, 6) is 0.0388. The van der Waals surface area contributed by atoms with E-state index < -0.39 is 0 Å². The number of nitrogens with two attached hydrogens (primary N) is 1. The van der Waals surface area contributed by atoms with Crippen LogP contribution in [0.1, 0.15) is 34.8 Å². The van der Waals surface area contributed by atoms with E-state index in [2.05, 4.69) is 63.7 Å². The van der Waals surface area contributed by atoms with E-state index in [1.165, 1.54) is 11.8 Å². The molecule has 0 saturated heterocycles. The number of carbonyl (C=O) groups is 1. The zero-order chi connectivity index (χ0) is 20.5. The van der Waals surface area contributed by atoms with Crippen LogP contribution >= 0.6 is 0 Å². The van der Waals surface area contributed by atoms with Gasteiger partial charge >= 0.3 is 0 Å². The lowest BCUT2D eigenvalue weighted by Crippen LogP contribution is -2.23. The Labute approximate surface area is 171 Å². The molecule has 148 valence electrons. The SMILES string of the molecule is CCCN(Cc1ccccc1)c1ccc(/C=N/NC(=O)c2ccc(N)nc2)cc1. The molecule has 6 nitrogen and oxygen atoms in total. The van der Waals surface area contributed by atoms with Crippen molar-refractivity contribution in [3.05, 3.63) is 89.6 Å². The van der Waals surface area contributed by atoms with E-state index in [0.717, 1.165) is 30.8 Å². The molecule has 3 N–H and O–H groups in total. The minimum atomic E-state index is -0.331. The Hall–Kier alpha value is -3.67. The lowest BCUT2D eigenvalue weighted by molar-refractivity contribution is 0.0955. The van der Waals surface area contributed by atoms with Crippen molar-refractivity contribution in [2.45, 2.75) is 19.9 Å². The first-order valence-electron chi connectivity index (χ1n) is 9.59. The highest BCUT2D eigenvalue weighted by Crippen LogP contribution is 2.18. The van der Waals surface area contributed by atoms with E-state index in [-0.39, 0.29) is 5.91 Å². The summed E-state index contributed by atoms with van der Waals surface area (Å²) in [7, 11) is 0. The molecule has 1 amide bonds. The van der Waals surface area contributed by atoms with Crippen molar-refractivity contribution in [1.82, 2.24) is 10.4 Å². The monoisotopic (exact) mass is 387 g/mol. The molecular formula is C23H25N5O. The van der Waals surface area contributed by atoms with Crippen molar-refractivity contribution < 1.29 is 4.79 Å². The number of rotatable bonds is 8. The fraction of sp³-hybridized carbons (Fsp3) is 0.174. The lowest BCUT2D eigenvalue weighted by Gasteiger charge is -2.24. The van der Waals surface area contributed by atoms with Gasteiger partial charge < -0.3 is 10.6 Å². The summed E-state index contributed by atoms with van der Waals surface area (Å²) >= 11 is 0. The first kappa shape index (κ1) is 20.1. The van der Waals surface area contributed by atoms with Crippen LogP contribution in [0, 0.1) is 0 Å². The molecule has 0 aliphatic rings. The highest BCUT2D eigenvalue weighted by atomic mass is 16.2. The number of pyridine rings is 1.